The molecule has 1 heterocycles. The Morgan fingerprint density at radius 3 is 3.10 bits per heavy atom. The van der Waals surface area contributed by atoms with Crippen LogP contribution >= 0.6 is 0 Å². The number of nitrogens with two attached hydrogens (primary N) is 1. The Morgan fingerprint density at radius 2 is 2.33 bits per heavy atom. The van der Waals surface area contributed by atoms with Crippen LogP contribution in [0.3, 0.4) is 0 Å². The molecule has 0 amide bonds. The van der Waals surface area contributed by atoms with E-state index in [-0.39, 0.29) is 22.6 Å². The third-order valence-corrected chi connectivity index (χ3v) is 3.16. The van der Waals surface area contributed by atoms with Gasteiger partial charge in [-0.15, -0.1) is 0 Å². The van der Waals surface area contributed by atoms with Gasteiger partial charge < -0.3 is 5.73 Å². The summed E-state index contributed by atoms with van der Waals surface area (Å²) < 4.78 is 55.4. The van der Waals surface area contributed by atoms with Gasteiger partial charge in [-0.05, 0) is 25.4 Å². The largest absolute Gasteiger partial charge is 0.398 e. The molecule has 1 aromatic carbocycles. The van der Waals surface area contributed by atoms with E-state index in [9.17, 15) is 14.4 Å². The number of rotatable bonds is 1. The second-order valence-electron chi connectivity index (χ2n) is 4.54. The third kappa shape index (κ3) is 2.12. The lowest BCUT2D eigenvalue weighted by molar-refractivity contribution is -0.132. The molecule has 1 fully saturated rings. The summed E-state index contributed by atoms with van der Waals surface area (Å²) in [5, 5.41) is -0.307. The summed E-state index contributed by atoms with van der Waals surface area (Å²) in [4.78, 5) is 41.4. The highest BCUT2D eigenvalue weighted by molar-refractivity contribution is 6.03. The Bertz CT molecular complexity index is 1080. The molecule has 0 aliphatic heterocycles. The van der Waals surface area contributed by atoms with E-state index in [0.29, 0.717) is 4.57 Å². The van der Waals surface area contributed by atoms with Gasteiger partial charge in [-0.1, -0.05) is 6.07 Å². The van der Waals surface area contributed by atoms with Gasteiger partial charge in [0, 0.05) is 20.3 Å². The minimum atomic E-state index is -3.14. The first kappa shape index (κ1) is 7.49. The van der Waals surface area contributed by atoms with E-state index in [2.05, 4.69) is 4.98 Å². The van der Waals surface area contributed by atoms with Gasteiger partial charge in [0.25, 0.3) is 5.56 Å². The number of aromatic nitrogens is 2. The average Bonchev–Trinajstić information content (AvgIpc) is 2.57. The van der Waals surface area contributed by atoms with Crippen molar-refractivity contribution < 1.29 is 19.2 Å². The molecule has 0 saturated heterocycles. The maximum atomic E-state index is 13.1. The quantitative estimate of drug-likeness (QED) is 0.628. The van der Waals surface area contributed by atoms with Crippen LogP contribution in [0.2, 0.25) is 0 Å². The molecule has 6 heteroatoms. The molecule has 3 rings (SSSR count). The van der Waals surface area contributed by atoms with Crippen LogP contribution in [0.4, 0.5) is 5.69 Å². The van der Waals surface area contributed by atoms with Crippen molar-refractivity contribution in [3.05, 3.63) is 34.4 Å². The fourth-order valence-corrected chi connectivity index (χ4v) is 2.19. The molecule has 2 aromatic rings. The van der Waals surface area contributed by atoms with Crippen molar-refractivity contribution in [2.45, 2.75) is 32.1 Å². The highest BCUT2D eigenvalue weighted by Crippen LogP contribution is 2.24. The Kier molecular flexibility index (Phi) is 1.71. The van der Waals surface area contributed by atoms with Crippen LogP contribution in [0, 0.1) is 6.88 Å². The second-order valence-corrected chi connectivity index (χ2v) is 4.54. The normalized spacial score (nSPS) is 29.0. The van der Waals surface area contributed by atoms with Gasteiger partial charge in [0.05, 0.1) is 24.7 Å². The van der Waals surface area contributed by atoms with Gasteiger partial charge >= 0.3 is 0 Å². The van der Waals surface area contributed by atoms with Crippen LogP contribution in [0.1, 0.15) is 40.6 Å². The molecular weight excluding hydrogens is 270 g/mol. The lowest BCUT2D eigenvalue weighted by Crippen LogP contribution is -2.36. The smallest absolute Gasteiger partial charge is 0.264 e. The number of carbonyl (C=O) groups is 2. The number of Topliss-reactive ketones (excluding diaryl/α,β-unsaturated/α-hetero) is 2. The molecule has 1 unspecified atom stereocenters. The van der Waals surface area contributed by atoms with Crippen molar-refractivity contribution in [1.82, 2.24) is 9.55 Å². The van der Waals surface area contributed by atoms with E-state index in [4.69, 9.17) is 15.3 Å². The lowest BCUT2D eigenvalue weighted by atomic mass is 9.92. The number of aryl methyl sites for hydroxylation is 1. The average molecular weight is 292 g/mol. The van der Waals surface area contributed by atoms with Crippen molar-refractivity contribution in [2.24, 2.45) is 0 Å². The van der Waals surface area contributed by atoms with Gasteiger partial charge in [-0.3, -0.25) is 19.0 Å². The number of fused-ring (bicyclic) bond motifs is 1. The highest BCUT2D eigenvalue weighted by Gasteiger charge is 2.30. The predicted molar refractivity (Wildman–Crippen MR) is 78.1 cm³/mol. The molecule has 1 aliphatic carbocycles. The molecule has 1 aromatic heterocycles. The lowest BCUT2D eigenvalue weighted by Gasteiger charge is -2.24. The van der Waals surface area contributed by atoms with Crippen molar-refractivity contribution in [2.75, 3.05) is 5.73 Å². The van der Waals surface area contributed by atoms with Crippen LogP contribution < -0.4 is 11.3 Å². The minimum Gasteiger partial charge on any atom is -0.398 e. The standard InChI is InChI=1S/C15H15N3O3/c1-8-17-11-4-2-3-10(16)14(11)15(21)18(8)12-6-5-9(19)7-13(12)20/h2-4,12H,5-7,16H2,1H3/i1D2,4D,5D2,6D2. The first-order valence-corrected chi connectivity index (χ1v) is 6.04. The van der Waals surface area contributed by atoms with Crippen LogP contribution in [0.15, 0.2) is 23.0 Å². The zero-order valence-corrected chi connectivity index (χ0v) is 10.7. The number of carbonyl (C=O) groups excluding carboxylic acids is 2. The summed E-state index contributed by atoms with van der Waals surface area (Å²) in [5.41, 5.74) is 4.38. The Labute approximate surface area is 130 Å². The van der Waals surface area contributed by atoms with E-state index >= 15 is 0 Å². The second kappa shape index (κ2) is 4.80. The molecule has 2 N–H and O–H groups in total. The fourth-order valence-electron chi connectivity index (χ4n) is 2.19. The molecule has 108 valence electrons. The summed E-state index contributed by atoms with van der Waals surface area (Å²) in [6.45, 7) is -1.95. The van der Waals surface area contributed by atoms with Gasteiger partial charge in [-0.2, -0.15) is 0 Å². The van der Waals surface area contributed by atoms with E-state index < -0.39 is 55.0 Å². The molecular formula is C15H15N3O3. The zero-order valence-electron chi connectivity index (χ0n) is 17.7. The van der Waals surface area contributed by atoms with E-state index in [1.807, 2.05) is 0 Å². The van der Waals surface area contributed by atoms with Gasteiger partial charge in [0.2, 0.25) is 0 Å². The van der Waals surface area contributed by atoms with Crippen LogP contribution in [0.25, 0.3) is 10.9 Å². The Morgan fingerprint density at radius 1 is 1.52 bits per heavy atom. The summed E-state index contributed by atoms with van der Waals surface area (Å²) in [7, 11) is 0. The predicted octanol–water partition coefficient (Wildman–Crippen LogP) is 1.15. The molecule has 0 radical (unpaired) electrons. The van der Waals surface area contributed by atoms with Crippen molar-refractivity contribution >= 4 is 28.2 Å². The maximum absolute atomic E-state index is 13.1. The van der Waals surface area contributed by atoms with Crippen molar-refractivity contribution in [1.29, 1.82) is 0 Å². The summed E-state index contributed by atoms with van der Waals surface area (Å²) >= 11 is 0. The third-order valence-electron chi connectivity index (χ3n) is 3.16. The number of benzene rings is 1. The van der Waals surface area contributed by atoms with Crippen molar-refractivity contribution in [3.8, 4) is 0 Å². The number of hydrogen-bond acceptors (Lipinski definition) is 5. The topological polar surface area (TPSA) is 95.0 Å². The van der Waals surface area contributed by atoms with E-state index in [0.717, 1.165) is 0 Å². The maximum Gasteiger partial charge on any atom is 0.264 e. The molecule has 21 heavy (non-hydrogen) atoms. The number of anilines is 1. The summed E-state index contributed by atoms with van der Waals surface area (Å²) in [6, 6.07) is 0.158. The number of nitrogens with zero attached hydrogens (tertiary/aromatic N) is 2. The molecule has 6 nitrogen and oxygen atoms in total. The van der Waals surface area contributed by atoms with Crippen LogP contribution in [-0.2, 0) is 9.59 Å². The number of ketones is 2. The molecule has 1 saturated carbocycles. The Hall–Kier alpha value is -2.50. The number of hydrogen-bond donors (Lipinski definition) is 1. The van der Waals surface area contributed by atoms with E-state index in [1.165, 1.54) is 12.1 Å². The first-order chi connectivity index (χ1) is 12.8. The van der Waals surface area contributed by atoms with Crippen molar-refractivity contribution in [3.63, 3.8) is 0 Å². The molecule has 0 spiro atoms. The monoisotopic (exact) mass is 292 g/mol. The van der Waals surface area contributed by atoms with Crippen LogP contribution in [0.5, 0.6) is 0 Å². The highest BCUT2D eigenvalue weighted by atomic mass is 16.2. The molecule has 1 atom stereocenters. The minimum absolute atomic E-state index is 0.113. The molecule has 0 bridgehead atoms. The van der Waals surface area contributed by atoms with E-state index in [1.54, 1.807) is 0 Å². The first-order valence-electron chi connectivity index (χ1n) is 9.69. The van der Waals surface area contributed by atoms with Gasteiger partial charge in [0.1, 0.15) is 11.6 Å². The van der Waals surface area contributed by atoms with Gasteiger partial charge in [0.15, 0.2) is 5.78 Å². The molecule has 1 aliphatic rings. The van der Waals surface area contributed by atoms with Gasteiger partial charge in [-0.25, -0.2) is 4.98 Å². The summed E-state index contributed by atoms with van der Waals surface area (Å²) in [6.07, 6.45) is -7.18. The number of nitrogen functional groups attached to an aromatic ring is 1. The fraction of sp³-hybridized carbons (Fsp3) is 0.333. The summed E-state index contributed by atoms with van der Waals surface area (Å²) in [5.74, 6) is -2.98. The van der Waals surface area contributed by atoms with Crippen LogP contribution in [-0.4, -0.2) is 21.1 Å². The SMILES string of the molecule is [2H]c1ccc(N)c2c(=O)n(C3C(=O)CC(=O)C([2H])([2H])C3([2H])[2H])c(C([2H])[2H])nc12. The Balaban J connectivity index is 2.46. The zero-order chi connectivity index (χ0) is 21.2.